The molecule has 3 heterocycles. The normalized spacial score (nSPS) is 19.1. The molecular formula is C24H29N3O5. The molecule has 0 aromatic heterocycles. The third-order valence-corrected chi connectivity index (χ3v) is 6.54. The zero-order valence-electron chi connectivity index (χ0n) is 18.7. The molecule has 170 valence electrons. The van der Waals surface area contributed by atoms with Gasteiger partial charge in [-0.2, -0.15) is 0 Å². The average Bonchev–Trinajstić information content (AvgIpc) is 3.27. The first-order chi connectivity index (χ1) is 15.4. The Hall–Kier alpha value is -3.00. The highest BCUT2D eigenvalue weighted by Crippen LogP contribution is 2.32. The minimum Gasteiger partial charge on any atom is -0.457 e. The first-order valence-electron chi connectivity index (χ1n) is 11.3. The van der Waals surface area contributed by atoms with Crippen LogP contribution >= 0.6 is 0 Å². The van der Waals surface area contributed by atoms with Crippen LogP contribution in [0.15, 0.2) is 29.3 Å². The number of cyclic esters (lactones) is 1. The minimum absolute atomic E-state index is 0.165. The Morgan fingerprint density at radius 2 is 1.78 bits per heavy atom. The number of ether oxygens (including phenoxy) is 1. The van der Waals surface area contributed by atoms with E-state index in [0.717, 1.165) is 45.6 Å². The first kappa shape index (κ1) is 22.2. The molecule has 3 aliphatic heterocycles. The largest absolute Gasteiger partial charge is 0.457 e. The summed E-state index contributed by atoms with van der Waals surface area (Å²) in [6, 6.07) is 4.93. The second kappa shape index (κ2) is 9.24. The average molecular weight is 440 g/mol. The number of anilines is 1. The number of benzene rings is 1. The lowest BCUT2D eigenvalue weighted by molar-refractivity contribution is -0.132. The molecule has 8 heteroatoms. The fourth-order valence-corrected chi connectivity index (χ4v) is 4.55. The van der Waals surface area contributed by atoms with Crippen LogP contribution in [0.3, 0.4) is 0 Å². The molecule has 3 aliphatic rings. The molecule has 0 radical (unpaired) electrons. The minimum atomic E-state index is -0.376. The van der Waals surface area contributed by atoms with Crippen molar-refractivity contribution in [3.8, 4) is 0 Å². The molecule has 4 rings (SSSR count). The Morgan fingerprint density at radius 1 is 1.03 bits per heavy atom. The highest BCUT2D eigenvalue weighted by molar-refractivity contribution is 6.32. The Morgan fingerprint density at radius 3 is 2.50 bits per heavy atom. The zero-order chi connectivity index (χ0) is 22.8. The Balaban J connectivity index is 1.29. The van der Waals surface area contributed by atoms with Gasteiger partial charge in [0.1, 0.15) is 6.61 Å². The van der Waals surface area contributed by atoms with Crippen molar-refractivity contribution < 1.29 is 23.9 Å². The van der Waals surface area contributed by atoms with E-state index in [1.807, 2.05) is 11.8 Å². The highest BCUT2D eigenvalue weighted by atomic mass is 16.5. The van der Waals surface area contributed by atoms with E-state index in [4.69, 9.17) is 4.74 Å². The molecular weight excluding hydrogens is 410 g/mol. The van der Waals surface area contributed by atoms with Gasteiger partial charge in [0, 0.05) is 49.3 Å². The van der Waals surface area contributed by atoms with Crippen LogP contribution in [0.2, 0.25) is 0 Å². The summed E-state index contributed by atoms with van der Waals surface area (Å²) < 4.78 is 5.01. The predicted octanol–water partition coefficient (Wildman–Crippen LogP) is 2.27. The molecule has 0 spiro atoms. The molecule has 8 nitrogen and oxygen atoms in total. The monoisotopic (exact) mass is 439 g/mol. The molecule has 0 saturated carbocycles. The van der Waals surface area contributed by atoms with Crippen LogP contribution in [0.1, 0.15) is 55.5 Å². The van der Waals surface area contributed by atoms with Crippen molar-refractivity contribution >= 4 is 29.4 Å². The van der Waals surface area contributed by atoms with Crippen LogP contribution in [0, 0.1) is 0 Å². The van der Waals surface area contributed by atoms with Gasteiger partial charge in [-0.15, -0.1) is 0 Å². The number of fused-ring (bicyclic) bond motifs is 1. The maximum atomic E-state index is 13.0. The number of rotatable bonds is 7. The Labute approximate surface area is 187 Å². The van der Waals surface area contributed by atoms with Crippen molar-refractivity contribution in [3.63, 3.8) is 0 Å². The predicted molar refractivity (Wildman–Crippen MR) is 118 cm³/mol. The summed E-state index contributed by atoms with van der Waals surface area (Å²) >= 11 is 0. The van der Waals surface area contributed by atoms with Gasteiger partial charge in [0.2, 0.25) is 5.91 Å². The van der Waals surface area contributed by atoms with Crippen LogP contribution in [0.4, 0.5) is 5.69 Å². The van der Waals surface area contributed by atoms with Crippen molar-refractivity contribution in [2.45, 2.75) is 46.1 Å². The number of unbranched alkanes of at least 4 members (excludes halogenated alkanes) is 1. The molecule has 1 saturated heterocycles. The standard InChI is InChI=1S/C24H29N3O5/c1-3-21(28)26-12-10-25(11-13-26)9-5-4-6-19-16(2)22(29)27(23(19)30)18-7-8-20-17(14-18)15-32-24(20)31/h7-8,14H,3-6,9-13,15H2,1-2H3. The second-order valence-electron chi connectivity index (χ2n) is 8.50. The number of carbonyl (C=O) groups is 4. The molecule has 0 aliphatic carbocycles. The van der Waals surface area contributed by atoms with Crippen LogP contribution in [0.25, 0.3) is 0 Å². The molecule has 3 amide bonds. The molecule has 32 heavy (non-hydrogen) atoms. The Kier molecular flexibility index (Phi) is 6.41. The SMILES string of the molecule is CCC(=O)N1CCN(CCCCC2=C(C)C(=O)N(c3ccc4c(c3)COC4=O)C2=O)CC1. The van der Waals surface area contributed by atoms with Gasteiger partial charge in [0.25, 0.3) is 11.8 Å². The van der Waals surface area contributed by atoms with E-state index < -0.39 is 0 Å². The van der Waals surface area contributed by atoms with Crippen molar-refractivity contribution in [2.75, 3.05) is 37.6 Å². The van der Waals surface area contributed by atoms with Crippen molar-refractivity contribution in [1.82, 2.24) is 9.80 Å². The van der Waals surface area contributed by atoms with E-state index in [9.17, 15) is 19.2 Å². The molecule has 0 N–H and O–H groups in total. The molecule has 1 fully saturated rings. The quantitative estimate of drug-likeness (QED) is 0.368. The molecule has 1 aromatic rings. The third kappa shape index (κ3) is 4.19. The van der Waals surface area contributed by atoms with E-state index in [2.05, 4.69) is 4.90 Å². The fourth-order valence-electron chi connectivity index (χ4n) is 4.55. The lowest BCUT2D eigenvalue weighted by Crippen LogP contribution is -2.48. The smallest absolute Gasteiger partial charge is 0.338 e. The second-order valence-corrected chi connectivity index (χ2v) is 8.50. The van der Waals surface area contributed by atoms with Crippen molar-refractivity contribution in [1.29, 1.82) is 0 Å². The van der Waals surface area contributed by atoms with Crippen LogP contribution in [0.5, 0.6) is 0 Å². The van der Waals surface area contributed by atoms with E-state index in [1.54, 1.807) is 25.1 Å². The van der Waals surface area contributed by atoms with Gasteiger partial charge in [-0.05, 0) is 50.9 Å². The molecule has 0 unspecified atom stereocenters. The summed E-state index contributed by atoms with van der Waals surface area (Å²) in [5, 5.41) is 0. The van der Waals surface area contributed by atoms with Gasteiger partial charge < -0.3 is 9.64 Å². The number of nitrogens with zero attached hydrogens (tertiary/aromatic N) is 3. The maximum absolute atomic E-state index is 13.0. The lowest BCUT2D eigenvalue weighted by Gasteiger charge is -2.34. The topological polar surface area (TPSA) is 87.2 Å². The Bertz CT molecular complexity index is 991. The molecule has 1 aromatic carbocycles. The number of imide groups is 1. The highest BCUT2D eigenvalue weighted by Gasteiger charge is 2.37. The van der Waals surface area contributed by atoms with Gasteiger partial charge in [-0.1, -0.05) is 6.92 Å². The van der Waals surface area contributed by atoms with Gasteiger partial charge >= 0.3 is 5.97 Å². The summed E-state index contributed by atoms with van der Waals surface area (Å²) in [5.41, 5.74) is 2.72. The van der Waals surface area contributed by atoms with Gasteiger partial charge in [0.15, 0.2) is 0 Å². The molecule has 0 atom stereocenters. The number of hydrogen-bond acceptors (Lipinski definition) is 6. The summed E-state index contributed by atoms with van der Waals surface area (Å²) in [4.78, 5) is 54.7. The van der Waals surface area contributed by atoms with E-state index in [1.165, 1.54) is 4.90 Å². The van der Waals surface area contributed by atoms with Crippen molar-refractivity contribution in [2.24, 2.45) is 0 Å². The van der Waals surface area contributed by atoms with E-state index in [-0.39, 0.29) is 30.3 Å². The number of hydrogen-bond donors (Lipinski definition) is 0. The van der Waals surface area contributed by atoms with Gasteiger partial charge in [0.05, 0.1) is 11.3 Å². The summed E-state index contributed by atoms with van der Waals surface area (Å²) in [5.74, 6) is -0.737. The summed E-state index contributed by atoms with van der Waals surface area (Å²) in [6.07, 6.45) is 2.86. The lowest BCUT2D eigenvalue weighted by atomic mass is 10.0. The zero-order valence-corrected chi connectivity index (χ0v) is 18.7. The summed E-state index contributed by atoms with van der Waals surface area (Å²) in [6.45, 7) is 7.99. The van der Waals surface area contributed by atoms with E-state index >= 15 is 0 Å². The first-order valence-corrected chi connectivity index (χ1v) is 11.3. The van der Waals surface area contributed by atoms with Crippen LogP contribution in [-0.4, -0.2) is 66.2 Å². The summed E-state index contributed by atoms with van der Waals surface area (Å²) in [7, 11) is 0. The van der Waals surface area contributed by atoms with Gasteiger partial charge in [-0.25, -0.2) is 9.69 Å². The molecule has 0 bridgehead atoms. The third-order valence-electron chi connectivity index (χ3n) is 6.54. The van der Waals surface area contributed by atoms with E-state index in [0.29, 0.717) is 40.8 Å². The van der Waals surface area contributed by atoms with Gasteiger partial charge in [-0.3, -0.25) is 19.3 Å². The number of carbonyl (C=O) groups excluding carboxylic acids is 4. The number of esters is 1. The van der Waals surface area contributed by atoms with Crippen LogP contribution < -0.4 is 4.90 Å². The van der Waals surface area contributed by atoms with Crippen LogP contribution in [-0.2, 0) is 25.7 Å². The fraction of sp³-hybridized carbons (Fsp3) is 0.500. The number of amides is 3. The maximum Gasteiger partial charge on any atom is 0.338 e. The van der Waals surface area contributed by atoms with Crippen molar-refractivity contribution in [3.05, 3.63) is 40.5 Å². The number of piperazine rings is 1.